The summed E-state index contributed by atoms with van der Waals surface area (Å²) in [6.45, 7) is 2.03. The van der Waals surface area contributed by atoms with Crippen LogP contribution in [0.25, 0.3) is 16.9 Å². The zero-order valence-corrected chi connectivity index (χ0v) is 15.8. The molecular formula is C21H23N5O2. The van der Waals surface area contributed by atoms with Gasteiger partial charge in [0.15, 0.2) is 5.82 Å². The molecule has 0 aliphatic carbocycles. The highest BCUT2D eigenvalue weighted by atomic mass is 16.3. The quantitative estimate of drug-likeness (QED) is 0.734. The lowest BCUT2D eigenvalue weighted by molar-refractivity contribution is -0.0980. The summed E-state index contributed by atoms with van der Waals surface area (Å²) < 4.78 is 1.79. The van der Waals surface area contributed by atoms with Gasteiger partial charge in [0.05, 0.1) is 23.9 Å². The van der Waals surface area contributed by atoms with Crippen molar-refractivity contribution in [1.82, 2.24) is 19.5 Å². The van der Waals surface area contributed by atoms with E-state index in [-0.39, 0.29) is 24.2 Å². The first-order chi connectivity index (χ1) is 13.6. The number of amides is 2. The maximum atomic E-state index is 12.9. The molecule has 4 heterocycles. The molecule has 2 unspecified atom stereocenters. The predicted octanol–water partition coefficient (Wildman–Crippen LogP) is 3.23. The minimum atomic E-state index is -0.372. The van der Waals surface area contributed by atoms with E-state index in [4.69, 9.17) is 0 Å². The van der Waals surface area contributed by atoms with Crippen molar-refractivity contribution < 1.29 is 9.90 Å². The zero-order valence-electron chi connectivity index (χ0n) is 15.8. The van der Waals surface area contributed by atoms with E-state index < -0.39 is 0 Å². The molecule has 0 saturated carbocycles. The maximum absolute atomic E-state index is 12.9. The Morgan fingerprint density at radius 2 is 2.29 bits per heavy atom. The number of nitrogens with one attached hydrogen (secondary N) is 1. The summed E-state index contributed by atoms with van der Waals surface area (Å²) in [5, 5.41) is 17.4. The fourth-order valence-electron chi connectivity index (χ4n) is 4.71. The molecule has 7 nitrogen and oxygen atoms in total. The van der Waals surface area contributed by atoms with Gasteiger partial charge in [-0.1, -0.05) is 6.07 Å². The summed E-state index contributed by atoms with van der Waals surface area (Å²) in [5.74, 6) is 0.616. The molecule has 5 rings (SSSR count). The van der Waals surface area contributed by atoms with Gasteiger partial charge in [-0.15, -0.1) is 5.10 Å². The van der Waals surface area contributed by atoms with Crippen LogP contribution in [0.15, 0.2) is 42.7 Å². The van der Waals surface area contributed by atoms with Crippen LogP contribution in [0.5, 0.6) is 0 Å². The monoisotopic (exact) mass is 377 g/mol. The first-order valence-corrected chi connectivity index (χ1v) is 9.72. The Kier molecular flexibility index (Phi) is 3.87. The molecule has 2 bridgehead atoms. The molecule has 2 saturated heterocycles. The Bertz CT molecular complexity index is 1060. The van der Waals surface area contributed by atoms with Crippen molar-refractivity contribution >= 4 is 17.2 Å². The average Bonchev–Trinajstić information content (AvgIpc) is 3.17. The molecule has 3 aromatic rings. The van der Waals surface area contributed by atoms with Crippen molar-refractivity contribution in [3.63, 3.8) is 0 Å². The molecule has 0 spiro atoms. The van der Waals surface area contributed by atoms with Crippen LogP contribution >= 0.6 is 0 Å². The molecule has 28 heavy (non-hydrogen) atoms. The normalized spacial score (nSPS) is 23.5. The van der Waals surface area contributed by atoms with E-state index >= 15 is 0 Å². The Labute approximate surface area is 163 Å². The number of carbonyl (C=O) groups is 1. The van der Waals surface area contributed by atoms with Gasteiger partial charge in [0, 0.05) is 23.5 Å². The molecule has 1 aromatic carbocycles. The van der Waals surface area contributed by atoms with E-state index in [1.165, 1.54) is 0 Å². The van der Waals surface area contributed by atoms with Crippen LogP contribution < -0.4 is 5.32 Å². The van der Waals surface area contributed by atoms with Crippen molar-refractivity contribution in [3.8, 4) is 11.4 Å². The van der Waals surface area contributed by atoms with Gasteiger partial charge in [-0.25, -0.2) is 14.3 Å². The predicted molar refractivity (Wildman–Crippen MR) is 106 cm³/mol. The third-order valence-corrected chi connectivity index (χ3v) is 6.19. The fourth-order valence-corrected chi connectivity index (χ4v) is 4.71. The van der Waals surface area contributed by atoms with E-state index in [1.54, 1.807) is 10.7 Å². The van der Waals surface area contributed by atoms with E-state index in [0.717, 1.165) is 42.3 Å². The third-order valence-electron chi connectivity index (χ3n) is 6.19. The van der Waals surface area contributed by atoms with Crippen molar-refractivity contribution in [2.75, 3.05) is 11.9 Å². The third kappa shape index (κ3) is 2.57. The van der Waals surface area contributed by atoms with Gasteiger partial charge >= 0.3 is 6.03 Å². The molecule has 2 aliphatic heterocycles. The number of nitrogens with zero attached hydrogens (tertiary/aromatic N) is 4. The molecule has 2 fully saturated rings. The van der Waals surface area contributed by atoms with Crippen LogP contribution in [0.1, 0.15) is 31.2 Å². The lowest BCUT2D eigenvalue weighted by Crippen LogP contribution is -2.72. The van der Waals surface area contributed by atoms with Gasteiger partial charge in [-0.05, 0) is 62.4 Å². The number of fused-ring (bicyclic) bond motifs is 3. The summed E-state index contributed by atoms with van der Waals surface area (Å²) in [4.78, 5) is 19.2. The number of hydrogen-bond donors (Lipinski definition) is 2. The maximum Gasteiger partial charge on any atom is 0.322 e. The number of carbonyl (C=O) groups excluding carboxylic acids is 1. The number of urea groups is 1. The van der Waals surface area contributed by atoms with Crippen molar-refractivity contribution in [2.45, 2.75) is 44.2 Å². The summed E-state index contributed by atoms with van der Waals surface area (Å²) in [7, 11) is 0. The molecule has 144 valence electrons. The van der Waals surface area contributed by atoms with Crippen molar-refractivity contribution in [3.05, 3.63) is 48.3 Å². The number of rotatable bonds is 3. The van der Waals surface area contributed by atoms with E-state index in [0.29, 0.717) is 11.5 Å². The second-order valence-corrected chi connectivity index (χ2v) is 7.92. The van der Waals surface area contributed by atoms with Crippen molar-refractivity contribution in [1.29, 1.82) is 0 Å². The highest BCUT2D eigenvalue weighted by Gasteiger charge is 2.56. The average molecular weight is 377 g/mol. The molecule has 2 atom stereocenters. The lowest BCUT2D eigenvalue weighted by atomic mass is 9.69. The molecule has 7 heteroatoms. The van der Waals surface area contributed by atoms with E-state index in [9.17, 15) is 9.90 Å². The van der Waals surface area contributed by atoms with Crippen LogP contribution in [-0.4, -0.2) is 48.8 Å². The lowest BCUT2D eigenvalue weighted by Gasteiger charge is -2.61. The number of aliphatic hydroxyl groups is 1. The Morgan fingerprint density at radius 1 is 1.39 bits per heavy atom. The van der Waals surface area contributed by atoms with Gasteiger partial charge in [0.25, 0.3) is 0 Å². The number of hydrogen-bond acceptors (Lipinski definition) is 4. The second-order valence-electron chi connectivity index (χ2n) is 7.92. The van der Waals surface area contributed by atoms with Crippen LogP contribution in [0.4, 0.5) is 10.5 Å². The smallest absolute Gasteiger partial charge is 0.322 e. The van der Waals surface area contributed by atoms with Gasteiger partial charge in [0.2, 0.25) is 0 Å². The van der Waals surface area contributed by atoms with Crippen LogP contribution in [0.2, 0.25) is 0 Å². The summed E-state index contributed by atoms with van der Waals surface area (Å²) in [5.41, 5.74) is 3.19. The number of piperidine rings is 1. The molecule has 2 aliphatic rings. The largest absolute Gasteiger partial charge is 0.394 e. The zero-order chi connectivity index (χ0) is 19.3. The summed E-state index contributed by atoms with van der Waals surface area (Å²) >= 11 is 0. The number of anilines is 1. The number of aromatic nitrogens is 3. The van der Waals surface area contributed by atoms with E-state index in [1.807, 2.05) is 48.4 Å². The first kappa shape index (κ1) is 17.2. The second kappa shape index (κ2) is 6.31. The molecule has 2 amide bonds. The first-order valence-electron chi connectivity index (χ1n) is 9.72. The van der Waals surface area contributed by atoms with Gasteiger partial charge in [-0.3, -0.25) is 0 Å². The molecular weight excluding hydrogens is 354 g/mol. The van der Waals surface area contributed by atoms with Gasteiger partial charge < -0.3 is 15.3 Å². The summed E-state index contributed by atoms with van der Waals surface area (Å²) in [6.07, 6.45) is 7.54. The van der Waals surface area contributed by atoms with E-state index in [2.05, 4.69) is 15.4 Å². The topological polar surface area (TPSA) is 82.8 Å². The standard InChI is InChI=1S/C21H23N5O2/c1-14-6-7-15(10-18(14)19-22-12-17-5-3-9-25(17)24-19)23-20(28)26-16-4-2-8-21(26,11-16)13-27/h3,5-7,9-10,12,16,27H,2,4,8,11,13H2,1H3,(H,23,28). The van der Waals surface area contributed by atoms with Gasteiger partial charge in [0.1, 0.15) is 0 Å². The highest BCUT2D eigenvalue weighted by molar-refractivity contribution is 5.91. The minimum Gasteiger partial charge on any atom is -0.394 e. The van der Waals surface area contributed by atoms with Crippen LogP contribution in [-0.2, 0) is 0 Å². The van der Waals surface area contributed by atoms with Gasteiger partial charge in [-0.2, -0.15) is 0 Å². The Hall–Kier alpha value is -2.93. The summed E-state index contributed by atoms with van der Waals surface area (Å²) in [6, 6.07) is 9.76. The van der Waals surface area contributed by atoms with Crippen LogP contribution in [0, 0.1) is 6.92 Å². The SMILES string of the molecule is Cc1ccc(NC(=O)N2C3CCCC2(CO)C3)cc1-c1ncc2cccn2n1. The highest BCUT2D eigenvalue weighted by Crippen LogP contribution is 2.47. The number of aliphatic hydroxyl groups excluding tert-OH is 1. The molecule has 2 aromatic heterocycles. The van der Waals surface area contributed by atoms with Crippen molar-refractivity contribution in [2.24, 2.45) is 0 Å². The number of aryl methyl sites for hydroxylation is 1. The molecule has 0 radical (unpaired) electrons. The fraction of sp³-hybridized carbons (Fsp3) is 0.381. The number of benzene rings is 1. The Morgan fingerprint density at radius 3 is 3.11 bits per heavy atom. The molecule has 2 N–H and O–H groups in total. The van der Waals surface area contributed by atoms with Crippen LogP contribution in [0.3, 0.4) is 0 Å². The minimum absolute atomic E-state index is 0.0286. The Balaban J connectivity index is 1.42.